The molecule has 1 aliphatic rings. The molecule has 0 spiro atoms. The summed E-state index contributed by atoms with van der Waals surface area (Å²) in [7, 11) is 0. The molecule has 0 unspecified atom stereocenters. The van der Waals surface area contributed by atoms with Crippen molar-refractivity contribution >= 4 is 17.2 Å². The molecule has 0 atom stereocenters. The lowest BCUT2D eigenvalue weighted by atomic mass is 9.86. The Labute approximate surface area is 115 Å². The van der Waals surface area contributed by atoms with Crippen LogP contribution in [0.2, 0.25) is 0 Å². The summed E-state index contributed by atoms with van der Waals surface area (Å²) in [6.07, 6.45) is 5.46. The molecule has 2 heterocycles. The smallest absolute Gasteiger partial charge is 0.230 e. The third-order valence-electron chi connectivity index (χ3n) is 3.77. The Morgan fingerprint density at radius 2 is 2.05 bits per heavy atom. The molecule has 3 rings (SSSR count). The molecule has 1 amide bonds. The van der Waals surface area contributed by atoms with Crippen molar-refractivity contribution in [2.75, 3.05) is 0 Å². The highest BCUT2D eigenvalue weighted by atomic mass is 32.1. The van der Waals surface area contributed by atoms with Gasteiger partial charge in [-0.1, -0.05) is 18.9 Å². The Kier molecular flexibility index (Phi) is 3.06. The first kappa shape index (κ1) is 12.3. The Morgan fingerprint density at radius 1 is 1.26 bits per heavy atom. The van der Waals surface area contributed by atoms with Gasteiger partial charge in [-0.25, -0.2) is 4.98 Å². The van der Waals surface area contributed by atoms with Crippen molar-refractivity contribution in [2.45, 2.75) is 31.1 Å². The number of carbonyl (C=O) groups excluding carboxylic acids is 1. The van der Waals surface area contributed by atoms with E-state index in [1.165, 1.54) is 11.3 Å². The molecule has 2 aromatic heterocycles. The average Bonchev–Trinajstić information content (AvgIpc) is 3.09. The lowest BCUT2D eigenvalue weighted by Crippen LogP contribution is -2.38. The number of thiazole rings is 1. The lowest BCUT2D eigenvalue weighted by Gasteiger charge is -2.21. The molecular weight excluding hydrogens is 258 g/mol. The summed E-state index contributed by atoms with van der Waals surface area (Å²) in [5, 5.41) is 2.80. The van der Waals surface area contributed by atoms with Gasteiger partial charge in [0, 0.05) is 11.6 Å². The van der Waals surface area contributed by atoms with E-state index in [2.05, 4.69) is 9.97 Å². The van der Waals surface area contributed by atoms with Gasteiger partial charge in [-0.05, 0) is 25.0 Å². The van der Waals surface area contributed by atoms with E-state index < -0.39 is 5.41 Å². The number of amides is 1. The number of nitrogens with two attached hydrogens (primary N) is 1. The zero-order valence-electron chi connectivity index (χ0n) is 10.5. The van der Waals surface area contributed by atoms with Gasteiger partial charge in [0.1, 0.15) is 10.4 Å². The minimum Gasteiger partial charge on any atom is -0.369 e. The van der Waals surface area contributed by atoms with Gasteiger partial charge in [0.25, 0.3) is 0 Å². The van der Waals surface area contributed by atoms with Crippen molar-refractivity contribution in [2.24, 2.45) is 5.73 Å². The number of hydrogen-bond acceptors (Lipinski definition) is 4. The van der Waals surface area contributed by atoms with Crippen molar-refractivity contribution in [3.8, 4) is 11.4 Å². The van der Waals surface area contributed by atoms with Crippen LogP contribution < -0.4 is 5.73 Å². The summed E-state index contributed by atoms with van der Waals surface area (Å²) in [4.78, 5) is 20.7. The Morgan fingerprint density at radius 3 is 2.68 bits per heavy atom. The van der Waals surface area contributed by atoms with Crippen LogP contribution in [0.4, 0.5) is 0 Å². The van der Waals surface area contributed by atoms with Gasteiger partial charge in [-0.3, -0.25) is 9.78 Å². The van der Waals surface area contributed by atoms with Gasteiger partial charge < -0.3 is 5.73 Å². The van der Waals surface area contributed by atoms with Crippen LogP contribution in [0.5, 0.6) is 0 Å². The third kappa shape index (κ3) is 2.04. The molecule has 4 nitrogen and oxygen atoms in total. The highest BCUT2D eigenvalue weighted by Gasteiger charge is 2.43. The van der Waals surface area contributed by atoms with E-state index in [4.69, 9.17) is 5.73 Å². The first-order chi connectivity index (χ1) is 9.22. The van der Waals surface area contributed by atoms with Crippen molar-refractivity contribution in [1.29, 1.82) is 0 Å². The van der Waals surface area contributed by atoms with Crippen LogP contribution in [0.25, 0.3) is 11.4 Å². The van der Waals surface area contributed by atoms with Gasteiger partial charge in [0.15, 0.2) is 0 Å². The van der Waals surface area contributed by atoms with Crippen LogP contribution in [0, 0.1) is 0 Å². The number of aromatic nitrogens is 2. The monoisotopic (exact) mass is 273 g/mol. The van der Waals surface area contributed by atoms with Crippen LogP contribution in [0.1, 0.15) is 30.7 Å². The molecule has 1 fully saturated rings. The summed E-state index contributed by atoms with van der Waals surface area (Å²) in [6.45, 7) is 0. The fourth-order valence-corrected chi connectivity index (χ4v) is 3.75. The summed E-state index contributed by atoms with van der Waals surface area (Å²) in [5.74, 6) is -0.244. The van der Waals surface area contributed by atoms with Gasteiger partial charge in [-0.2, -0.15) is 0 Å². The Balaban J connectivity index is 1.99. The van der Waals surface area contributed by atoms with E-state index in [0.717, 1.165) is 42.1 Å². The van der Waals surface area contributed by atoms with Crippen molar-refractivity contribution in [3.05, 3.63) is 34.8 Å². The zero-order valence-corrected chi connectivity index (χ0v) is 11.3. The molecule has 2 N–H and O–H groups in total. The highest BCUT2D eigenvalue weighted by molar-refractivity contribution is 7.10. The second-order valence-electron chi connectivity index (χ2n) is 4.91. The largest absolute Gasteiger partial charge is 0.369 e. The van der Waals surface area contributed by atoms with Crippen LogP contribution in [0.3, 0.4) is 0 Å². The SMILES string of the molecule is NC(=O)C1(c2nc(-c3ccccn3)cs2)CCCC1. The quantitative estimate of drug-likeness (QED) is 0.934. The summed E-state index contributed by atoms with van der Waals surface area (Å²) in [6, 6.07) is 5.73. The second-order valence-corrected chi connectivity index (χ2v) is 5.76. The molecule has 98 valence electrons. The fourth-order valence-electron chi connectivity index (χ4n) is 2.67. The first-order valence-electron chi connectivity index (χ1n) is 6.40. The van der Waals surface area contributed by atoms with Gasteiger partial charge >= 0.3 is 0 Å². The van der Waals surface area contributed by atoms with Crippen LogP contribution >= 0.6 is 11.3 Å². The molecule has 0 saturated heterocycles. The molecule has 1 saturated carbocycles. The lowest BCUT2D eigenvalue weighted by molar-refractivity contribution is -0.123. The molecule has 0 radical (unpaired) electrons. The van der Waals surface area contributed by atoms with E-state index in [1.54, 1.807) is 6.20 Å². The molecule has 0 bridgehead atoms. The van der Waals surface area contributed by atoms with E-state index in [9.17, 15) is 4.79 Å². The van der Waals surface area contributed by atoms with E-state index in [0.29, 0.717) is 0 Å². The number of pyridine rings is 1. The van der Waals surface area contributed by atoms with Gasteiger partial charge in [0.2, 0.25) is 5.91 Å². The minimum absolute atomic E-state index is 0.244. The fraction of sp³-hybridized carbons (Fsp3) is 0.357. The Bertz CT molecular complexity index is 588. The minimum atomic E-state index is -0.544. The van der Waals surface area contributed by atoms with Crippen LogP contribution in [-0.2, 0) is 10.2 Å². The van der Waals surface area contributed by atoms with Crippen LogP contribution in [-0.4, -0.2) is 15.9 Å². The second kappa shape index (κ2) is 4.74. The van der Waals surface area contributed by atoms with Crippen molar-refractivity contribution < 1.29 is 4.79 Å². The maximum Gasteiger partial charge on any atom is 0.230 e. The molecule has 2 aromatic rings. The van der Waals surface area contributed by atoms with E-state index in [-0.39, 0.29) is 5.91 Å². The van der Waals surface area contributed by atoms with E-state index in [1.807, 2.05) is 23.6 Å². The predicted molar refractivity (Wildman–Crippen MR) is 74.7 cm³/mol. The Hall–Kier alpha value is -1.75. The van der Waals surface area contributed by atoms with Crippen molar-refractivity contribution in [3.63, 3.8) is 0 Å². The maximum atomic E-state index is 11.8. The molecule has 0 aliphatic heterocycles. The number of carbonyl (C=O) groups is 1. The van der Waals surface area contributed by atoms with Gasteiger partial charge in [0.05, 0.1) is 11.4 Å². The molecular formula is C14H15N3OS. The normalized spacial score (nSPS) is 17.5. The first-order valence-corrected chi connectivity index (χ1v) is 7.28. The number of primary amides is 1. The summed E-state index contributed by atoms with van der Waals surface area (Å²) in [5.41, 5.74) is 6.74. The number of nitrogens with zero attached hydrogens (tertiary/aromatic N) is 2. The molecule has 19 heavy (non-hydrogen) atoms. The van der Waals surface area contributed by atoms with Gasteiger partial charge in [-0.15, -0.1) is 11.3 Å². The van der Waals surface area contributed by atoms with Crippen molar-refractivity contribution in [1.82, 2.24) is 9.97 Å². The van der Waals surface area contributed by atoms with Crippen LogP contribution in [0.15, 0.2) is 29.8 Å². The average molecular weight is 273 g/mol. The highest BCUT2D eigenvalue weighted by Crippen LogP contribution is 2.42. The maximum absolute atomic E-state index is 11.8. The molecule has 0 aromatic carbocycles. The summed E-state index contributed by atoms with van der Waals surface area (Å²) >= 11 is 1.52. The zero-order chi connectivity index (χ0) is 13.3. The molecule has 1 aliphatic carbocycles. The predicted octanol–water partition coefficient (Wildman–Crippen LogP) is 2.50. The molecule has 5 heteroatoms. The standard InChI is InChI=1S/C14H15N3OS/c15-12(18)14(6-2-3-7-14)13-17-11(9-19-13)10-5-1-4-8-16-10/h1,4-5,8-9H,2-3,6-7H2,(H2,15,18). The third-order valence-corrected chi connectivity index (χ3v) is 4.82. The summed E-state index contributed by atoms with van der Waals surface area (Å²) < 4.78 is 0. The number of rotatable bonds is 3. The number of hydrogen-bond donors (Lipinski definition) is 1. The van der Waals surface area contributed by atoms with E-state index >= 15 is 0 Å². The topological polar surface area (TPSA) is 68.9 Å².